The van der Waals surface area contributed by atoms with Gasteiger partial charge in [0.15, 0.2) is 0 Å². The van der Waals surface area contributed by atoms with Gasteiger partial charge in [-0.1, -0.05) is 36.4 Å². The number of carbonyl (C=O) groups is 3. The zero-order chi connectivity index (χ0) is 27.5. The molecule has 1 aromatic heterocycles. The molecule has 3 amide bonds. The molecule has 0 fully saturated rings. The normalized spacial score (nSPS) is 10.8. The van der Waals surface area contributed by atoms with Gasteiger partial charge in [-0.2, -0.15) is 0 Å². The van der Waals surface area contributed by atoms with Gasteiger partial charge in [-0.25, -0.2) is 0 Å². The van der Waals surface area contributed by atoms with E-state index in [1.165, 1.54) is 11.8 Å². The third-order valence-electron chi connectivity index (χ3n) is 5.34. The van der Waals surface area contributed by atoms with Crippen LogP contribution < -0.4 is 20.7 Å². The SMILES string of the molecule is COc1cccc(NC(=O)CSc2cccc(NC(=O)/C(=C/c3cccnc3)NC(=O)c3ccccc3)c2)c1. The molecule has 0 bridgehead atoms. The van der Waals surface area contributed by atoms with E-state index in [0.717, 1.165) is 4.90 Å². The zero-order valence-corrected chi connectivity index (χ0v) is 21.9. The highest BCUT2D eigenvalue weighted by molar-refractivity contribution is 8.00. The lowest BCUT2D eigenvalue weighted by molar-refractivity contribution is -0.114. The summed E-state index contributed by atoms with van der Waals surface area (Å²) in [5, 5.41) is 8.37. The van der Waals surface area contributed by atoms with E-state index < -0.39 is 11.8 Å². The van der Waals surface area contributed by atoms with Crippen LogP contribution >= 0.6 is 11.8 Å². The van der Waals surface area contributed by atoms with Crippen molar-refractivity contribution in [2.24, 2.45) is 0 Å². The van der Waals surface area contributed by atoms with Crippen molar-refractivity contribution in [1.82, 2.24) is 10.3 Å². The lowest BCUT2D eigenvalue weighted by atomic mass is 10.2. The molecule has 0 aliphatic heterocycles. The molecule has 0 radical (unpaired) electrons. The van der Waals surface area contributed by atoms with Gasteiger partial charge < -0.3 is 20.7 Å². The number of methoxy groups -OCH3 is 1. The second-order valence-corrected chi connectivity index (χ2v) is 9.26. The lowest BCUT2D eigenvalue weighted by Gasteiger charge is -2.12. The zero-order valence-electron chi connectivity index (χ0n) is 21.1. The third-order valence-corrected chi connectivity index (χ3v) is 6.33. The van der Waals surface area contributed by atoms with Gasteiger partial charge in [-0.3, -0.25) is 19.4 Å². The summed E-state index contributed by atoms with van der Waals surface area (Å²) in [6, 6.07) is 26.4. The average Bonchev–Trinajstić information content (AvgIpc) is 2.97. The predicted octanol–water partition coefficient (Wildman–Crippen LogP) is 5.23. The van der Waals surface area contributed by atoms with Crippen LogP contribution in [-0.2, 0) is 9.59 Å². The summed E-state index contributed by atoms with van der Waals surface area (Å²) in [5.74, 6) is -0.254. The van der Waals surface area contributed by atoms with Gasteiger partial charge >= 0.3 is 0 Å². The van der Waals surface area contributed by atoms with E-state index >= 15 is 0 Å². The fourth-order valence-electron chi connectivity index (χ4n) is 3.48. The smallest absolute Gasteiger partial charge is 0.272 e. The number of amides is 3. The number of nitrogens with zero attached hydrogens (tertiary/aromatic N) is 1. The molecule has 3 aromatic carbocycles. The Labute approximate surface area is 230 Å². The molecule has 3 N–H and O–H groups in total. The molecule has 4 rings (SSSR count). The predicted molar refractivity (Wildman–Crippen MR) is 154 cm³/mol. The summed E-state index contributed by atoms with van der Waals surface area (Å²) in [4.78, 5) is 43.3. The van der Waals surface area contributed by atoms with E-state index in [1.54, 1.807) is 104 Å². The van der Waals surface area contributed by atoms with Crippen LogP contribution in [0.2, 0.25) is 0 Å². The maximum Gasteiger partial charge on any atom is 0.272 e. The molecule has 0 unspecified atom stereocenters. The minimum absolute atomic E-state index is 0.0626. The maximum atomic E-state index is 13.2. The highest BCUT2D eigenvalue weighted by Gasteiger charge is 2.15. The molecule has 196 valence electrons. The summed E-state index contributed by atoms with van der Waals surface area (Å²) >= 11 is 1.33. The monoisotopic (exact) mass is 538 g/mol. The first-order valence-electron chi connectivity index (χ1n) is 12.0. The minimum atomic E-state index is -0.499. The van der Waals surface area contributed by atoms with E-state index in [2.05, 4.69) is 20.9 Å². The largest absolute Gasteiger partial charge is 0.497 e. The van der Waals surface area contributed by atoms with Crippen LogP contribution in [0.4, 0.5) is 11.4 Å². The Hall–Kier alpha value is -4.89. The second kappa shape index (κ2) is 13.6. The van der Waals surface area contributed by atoms with Crippen LogP contribution in [0.25, 0.3) is 6.08 Å². The van der Waals surface area contributed by atoms with E-state index in [4.69, 9.17) is 4.74 Å². The van der Waals surface area contributed by atoms with Gasteiger partial charge in [-0.15, -0.1) is 11.8 Å². The molecule has 9 heteroatoms. The molecule has 0 aliphatic rings. The summed E-state index contributed by atoms with van der Waals surface area (Å²) in [6.07, 6.45) is 4.78. The van der Waals surface area contributed by atoms with Crippen molar-refractivity contribution in [2.45, 2.75) is 4.90 Å². The summed E-state index contributed by atoms with van der Waals surface area (Å²) in [5.41, 5.74) is 2.30. The molecular weight excluding hydrogens is 512 g/mol. The second-order valence-electron chi connectivity index (χ2n) is 8.22. The number of aromatic nitrogens is 1. The van der Waals surface area contributed by atoms with Gasteiger partial charge in [0.1, 0.15) is 11.4 Å². The van der Waals surface area contributed by atoms with E-state index in [9.17, 15) is 14.4 Å². The molecule has 0 saturated heterocycles. The van der Waals surface area contributed by atoms with Gasteiger partial charge in [0.05, 0.1) is 12.9 Å². The molecule has 0 aliphatic carbocycles. The van der Waals surface area contributed by atoms with Gasteiger partial charge in [0, 0.05) is 40.3 Å². The molecular formula is C30H26N4O4S. The minimum Gasteiger partial charge on any atom is -0.497 e. The van der Waals surface area contributed by atoms with E-state index in [0.29, 0.717) is 28.3 Å². The maximum absolute atomic E-state index is 13.2. The highest BCUT2D eigenvalue weighted by atomic mass is 32.2. The highest BCUT2D eigenvalue weighted by Crippen LogP contribution is 2.23. The van der Waals surface area contributed by atoms with Crippen molar-refractivity contribution >= 4 is 46.9 Å². The van der Waals surface area contributed by atoms with Crippen LogP contribution in [0, 0.1) is 0 Å². The number of hydrogen-bond acceptors (Lipinski definition) is 6. The van der Waals surface area contributed by atoms with Crippen LogP contribution in [0.1, 0.15) is 15.9 Å². The molecule has 0 atom stereocenters. The van der Waals surface area contributed by atoms with E-state index in [-0.39, 0.29) is 17.4 Å². The number of thioether (sulfide) groups is 1. The topological polar surface area (TPSA) is 109 Å². The Balaban J connectivity index is 1.42. The van der Waals surface area contributed by atoms with Gasteiger partial charge in [-0.05, 0) is 60.2 Å². The quantitative estimate of drug-likeness (QED) is 0.188. The van der Waals surface area contributed by atoms with Crippen molar-refractivity contribution in [3.05, 3.63) is 120 Å². The fraction of sp³-hybridized carbons (Fsp3) is 0.0667. The van der Waals surface area contributed by atoms with Gasteiger partial charge in [0.25, 0.3) is 11.8 Å². The van der Waals surface area contributed by atoms with Crippen LogP contribution in [-0.4, -0.2) is 35.6 Å². The first kappa shape index (κ1) is 27.2. The number of rotatable bonds is 10. The molecule has 4 aromatic rings. The molecule has 0 spiro atoms. The fourth-order valence-corrected chi connectivity index (χ4v) is 4.23. The Morgan fingerprint density at radius 1 is 0.872 bits per heavy atom. The summed E-state index contributed by atoms with van der Waals surface area (Å²) in [7, 11) is 1.57. The molecule has 1 heterocycles. The first-order chi connectivity index (χ1) is 19.0. The Morgan fingerprint density at radius 2 is 1.64 bits per heavy atom. The number of hydrogen-bond donors (Lipinski definition) is 3. The van der Waals surface area contributed by atoms with Crippen molar-refractivity contribution in [1.29, 1.82) is 0 Å². The number of carbonyl (C=O) groups excluding carboxylic acids is 3. The standard InChI is InChI=1S/C30H26N4O4S/c1-38-25-13-5-11-23(17-25)32-28(35)20-39-26-14-6-12-24(18-26)33-30(37)27(16-21-8-7-15-31-19-21)34-29(36)22-9-3-2-4-10-22/h2-19H,20H2,1H3,(H,32,35)(H,33,37)(H,34,36)/b27-16-. The number of ether oxygens (including phenoxy) is 1. The molecule has 39 heavy (non-hydrogen) atoms. The molecule has 0 saturated carbocycles. The van der Waals surface area contributed by atoms with Crippen molar-refractivity contribution in [3.63, 3.8) is 0 Å². The summed E-state index contributed by atoms with van der Waals surface area (Å²) < 4.78 is 5.18. The number of pyridine rings is 1. The Kier molecular flexibility index (Phi) is 9.47. The third kappa shape index (κ3) is 8.31. The Bertz CT molecular complexity index is 1480. The van der Waals surface area contributed by atoms with Crippen LogP contribution in [0.15, 0.2) is 114 Å². The first-order valence-corrected chi connectivity index (χ1v) is 12.9. The summed E-state index contributed by atoms with van der Waals surface area (Å²) in [6.45, 7) is 0. The van der Waals surface area contributed by atoms with E-state index in [1.807, 2.05) is 12.1 Å². The number of nitrogens with one attached hydrogen (secondary N) is 3. The number of anilines is 2. The molecule has 8 nitrogen and oxygen atoms in total. The number of benzene rings is 3. The van der Waals surface area contributed by atoms with Crippen molar-refractivity contribution < 1.29 is 19.1 Å². The van der Waals surface area contributed by atoms with Crippen molar-refractivity contribution in [3.8, 4) is 5.75 Å². The van der Waals surface area contributed by atoms with Crippen molar-refractivity contribution in [2.75, 3.05) is 23.5 Å². The van der Waals surface area contributed by atoms with Crippen LogP contribution in [0.3, 0.4) is 0 Å². The lowest BCUT2D eigenvalue weighted by Crippen LogP contribution is -2.30. The van der Waals surface area contributed by atoms with Gasteiger partial charge in [0.2, 0.25) is 5.91 Å². The van der Waals surface area contributed by atoms with Crippen LogP contribution in [0.5, 0.6) is 5.75 Å². The Morgan fingerprint density at radius 3 is 2.38 bits per heavy atom. The average molecular weight is 539 g/mol.